The zero-order chi connectivity index (χ0) is 14.2. The molecule has 1 saturated heterocycles. The summed E-state index contributed by atoms with van der Waals surface area (Å²) in [5, 5.41) is 2.83. The first-order valence-corrected chi connectivity index (χ1v) is 7.48. The van der Waals surface area contributed by atoms with Crippen molar-refractivity contribution in [3.8, 4) is 0 Å². The second-order valence-corrected chi connectivity index (χ2v) is 6.83. The van der Waals surface area contributed by atoms with Gasteiger partial charge in [0.15, 0.2) is 0 Å². The molecule has 0 spiro atoms. The monoisotopic (exact) mass is 266 g/mol. The summed E-state index contributed by atoms with van der Waals surface area (Å²) >= 11 is 0. The smallest absolute Gasteiger partial charge is 0.246 e. The average Bonchev–Trinajstić information content (AvgIpc) is 2.30. The molecule has 2 amide bonds. The van der Waals surface area contributed by atoms with Crippen molar-refractivity contribution >= 4 is 11.8 Å². The normalized spacial score (nSPS) is 36.6. The van der Waals surface area contributed by atoms with Crippen LogP contribution in [-0.2, 0) is 9.59 Å². The summed E-state index contributed by atoms with van der Waals surface area (Å²) in [7, 11) is 0. The van der Waals surface area contributed by atoms with E-state index >= 15 is 0 Å². The van der Waals surface area contributed by atoms with E-state index in [9.17, 15) is 9.59 Å². The van der Waals surface area contributed by atoms with Gasteiger partial charge in [-0.25, -0.2) is 0 Å². The number of nitrogens with one attached hydrogen (secondary N) is 1. The summed E-state index contributed by atoms with van der Waals surface area (Å²) in [6, 6.07) is -0.0904. The van der Waals surface area contributed by atoms with Gasteiger partial charge in [0.2, 0.25) is 11.8 Å². The number of piperazine rings is 1. The largest absolute Gasteiger partial charge is 0.343 e. The molecule has 19 heavy (non-hydrogen) atoms. The van der Waals surface area contributed by atoms with Crippen LogP contribution < -0.4 is 5.32 Å². The van der Waals surface area contributed by atoms with Crippen LogP contribution in [-0.4, -0.2) is 35.3 Å². The Morgan fingerprint density at radius 1 is 1.11 bits per heavy atom. The van der Waals surface area contributed by atoms with Gasteiger partial charge in [-0.1, -0.05) is 27.7 Å². The molecule has 108 valence electrons. The number of carbonyl (C=O) groups is 2. The second-order valence-electron chi connectivity index (χ2n) is 6.83. The van der Waals surface area contributed by atoms with Crippen LogP contribution in [0.2, 0.25) is 0 Å². The Hall–Kier alpha value is -1.06. The van der Waals surface area contributed by atoms with Crippen molar-refractivity contribution in [1.29, 1.82) is 0 Å². The highest BCUT2D eigenvalue weighted by molar-refractivity contribution is 5.95. The Morgan fingerprint density at radius 2 is 1.68 bits per heavy atom. The quantitative estimate of drug-likeness (QED) is 0.828. The molecule has 4 nitrogen and oxygen atoms in total. The lowest BCUT2D eigenvalue weighted by molar-refractivity contribution is -0.149. The second kappa shape index (κ2) is 5.51. The zero-order valence-corrected chi connectivity index (χ0v) is 12.5. The third-order valence-corrected chi connectivity index (χ3v) is 4.44. The lowest BCUT2D eigenvalue weighted by Crippen LogP contribution is -2.62. The molecular formula is C15H26N2O2. The predicted octanol–water partition coefficient (Wildman–Crippen LogP) is 1.79. The molecule has 1 aliphatic heterocycles. The van der Waals surface area contributed by atoms with E-state index < -0.39 is 0 Å². The molecule has 0 aromatic carbocycles. The Bertz CT molecular complexity index is 357. The Kier molecular flexibility index (Phi) is 4.16. The summed E-state index contributed by atoms with van der Waals surface area (Å²) in [6.07, 6.45) is 3.31. The van der Waals surface area contributed by atoms with Crippen molar-refractivity contribution in [3.63, 3.8) is 0 Å². The van der Waals surface area contributed by atoms with Crippen LogP contribution >= 0.6 is 0 Å². The molecule has 1 heterocycles. The fourth-order valence-electron chi connectivity index (χ4n) is 3.61. The molecule has 2 rings (SSSR count). The predicted molar refractivity (Wildman–Crippen MR) is 74.4 cm³/mol. The van der Waals surface area contributed by atoms with Gasteiger partial charge in [0.25, 0.3) is 0 Å². The van der Waals surface area contributed by atoms with Crippen molar-refractivity contribution in [1.82, 2.24) is 10.2 Å². The topological polar surface area (TPSA) is 49.4 Å². The Labute approximate surface area is 115 Å². The van der Waals surface area contributed by atoms with E-state index in [4.69, 9.17) is 0 Å². The van der Waals surface area contributed by atoms with Crippen molar-refractivity contribution in [2.75, 3.05) is 6.54 Å². The van der Waals surface area contributed by atoms with Gasteiger partial charge in [0.05, 0.1) is 6.54 Å². The fraction of sp³-hybridized carbons (Fsp3) is 0.867. The van der Waals surface area contributed by atoms with E-state index in [0.29, 0.717) is 11.8 Å². The number of rotatable bonds is 2. The van der Waals surface area contributed by atoms with Crippen LogP contribution in [0.1, 0.15) is 47.0 Å². The van der Waals surface area contributed by atoms with E-state index in [1.165, 1.54) is 6.42 Å². The van der Waals surface area contributed by atoms with E-state index in [2.05, 4.69) is 19.2 Å². The third kappa shape index (κ3) is 3.10. The summed E-state index contributed by atoms with van der Waals surface area (Å²) in [6.45, 7) is 8.71. The number of hydrogen-bond acceptors (Lipinski definition) is 2. The maximum Gasteiger partial charge on any atom is 0.246 e. The molecule has 2 aliphatic rings. The third-order valence-electron chi connectivity index (χ3n) is 4.44. The van der Waals surface area contributed by atoms with Crippen LogP contribution in [0.15, 0.2) is 0 Å². The van der Waals surface area contributed by atoms with Crippen LogP contribution in [0.5, 0.6) is 0 Å². The SMILES string of the molecule is CC1CC(C)CC(N2CC(=O)NC(C(C)C)C2=O)C1. The Balaban J connectivity index is 2.13. The Morgan fingerprint density at radius 3 is 2.21 bits per heavy atom. The summed E-state index contributed by atoms with van der Waals surface area (Å²) < 4.78 is 0. The van der Waals surface area contributed by atoms with Crippen LogP contribution in [0.4, 0.5) is 0 Å². The van der Waals surface area contributed by atoms with E-state index in [1.807, 2.05) is 18.7 Å². The first kappa shape index (κ1) is 14.4. The summed E-state index contributed by atoms with van der Waals surface area (Å²) in [4.78, 5) is 26.2. The molecule has 3 atom stereocenters. The minimum absolute atomic E-state index is 0.0100. The summed E-state index contributed by atoms with van der Waals surface area (Å²) in [5.41, 5.74) is 0. The van der Waals surface area contributed by atoms with Gasteiger partial charge >= 0.3 is 0 Å². The fourth-order valence-corrected chi connectivity index (χ4v) is 3.61. The molecule has 2 fully saturated rings. The first-order chi connectivity index (χ1) is 8.88. The number of carbonyl (C=O) groups excluding carboxylic acids is 2. The van der Waals surface area contributed by atoms with Gasteiger partial charge in [0, 0.05) is 6.04 Å². The van der Waals surface area contributed by atoms with Crippen molar-refractivity contribution in [3.05, 3.63) is 0 Å². The van der Waals surface area contributed by atoms with Gasteiger partial charge in [0.1, 0.15) is 6.04 Å². The molecule has 4 heteroatoms. The highest BCUT2D eigenvalue weighted by Crippen LogP contribution is 2.32. The molecule has 0 radical (unpaired) electrons. The zero-order valence-electron chi connectivity index (χ0n) is 12.5. The van der Waals surface area contributed by atoms with Crippen LogP contribution in [0.25, 0.3) is 0 Å². The van der Waals surface area contributed by atoms with Gasteiger partial charge in [-0.05, 0) is 37.0 Å². The van der Waals surface area contributed by atoms with E-state index in [0.717, 1.165) is 12.8 Å². The maximum absolute atomic E-state index is 12.5. The molecule has 1 N–H and O–H groups in total. The molecule has 1 aliphatic carbocycles. The minimum atomic E-state index is -0.339. The molecular weight excluding hydrogens is 240 g/mol. The lowest BCUT2D eigenvalue weighted by Gasteiger charge is -2.43. The van der Waals surface area contributed by atoms with Crippen LogP contribution in [0.3, 0.4) is 0 Å². The first-order valence-electron chi connectivity index (χ1n) is 7.48. The van der Waals surface area contributed by atoms with E-state index in [1.54, 1.807) is 0 Å². The van der Waals surface area contributed by atoms with Gasteiger partial charge < -0.3 is 10.2 Å². The summed E-state index contributed by atoms with van der Waals surface area (Å²) in [5.74, 6) is 1.54. The number of hydrogen-bond donors (Lipinski definition) is 1. The molecule has 0 aromatic heterocycles. The molecule has 3 unspecified atom stereocenters. The molecule has 0 aromatic rings. The standard InChI is InChI=1S/C15H26N2O2/c1-9(2)14-15(19)17(8-13(18)16-14)12-6-10(3)5-11(4)7-12/h9-12,14H,5-8H2,1-4H3,(H,16,18). The maximum atomic E-state index is 12.5. The number of nitrogens with zero attached hydrogens (tertiary/aromatic N) is 1. The molecule has 1 saturated carbocycles. The highest BCUT2D eigenvalue weighted by Gasteiger charge is 2.39. The number of amides is 2. The van der Waals surface area contributed by atoms with Gasteiger partial charge in [-0.2, -0.15) is 0 Å². The average molecular weight is 266 g/mol. The minimum Gasteiger partial charge on any atom is -0.343 e. The lowest BCUT2D eigenvalue weighted by atomic mass is 9.79. The van der Waals surface area contributed by atoms with Crippen molar-refractivity contribution in [2.45, 2.75) is 59.0 Å². The molecule has 0 bridgehead atoms. The van der Waals surface area contributed by atoms with Crippen molar-refractivity contribution in [2.24, 2.45) is 17.8 Å². The van der Waals surface area contributed by atoms with E-state index in [-0.39, 0.29) is 36.4 Å². The van der Waals surface area contributed by atoms with Crippen LogP contribution in [0, 0.1) is 17.8 Å². The van der Waals surface area contributed by atoms with Gasteiger partial charge in [-0.15, -0.1) is 0 Å². The highest BCUT2D eigenvalue weighted by atomic mass is 16.2. The van der Waals surface area contributed by atoms with Crippen molar-refractivity contribution < 1.29 is 9.59 Å². The van der Waals surface area contributed by atoms with Gasteiger partial charge in [-0.3, -0.25) is 9.59 Å².